The fourth-order valence-corrected chi connectivity index (χ4v) is 3.10. The zero-order chi connectivity index (χ0) is 18.5. The highest BCUT2D eigenvalue weighted by molar-refractivity contribution is 7.13. The third kappa shape index (κ3) is 3.92. The van der Waals surface area contributed by atoms with Gasteiger partial charge in [-0.2, -0.15) is 0 Å². The molecule has 0 amide bonds. The van der Waals surface area contributed by atoms with Gasteiger partial charge >= 0.3 is 0 Å². The van der Waals surface area contributed by atoms with E-state index in [9.17, 15) is 10.1 Å². The molecule has 134 valence electrons. The molecule has 26 heavy (non-hydrogen) atoms. The van der Waals surface area contributed by atoms with E-state index in [2.05, 4.69) is 4.98 Å². The molecule has 0 saturated carbocycles. The summed E-state index contributed by atoms with van der Waals surface area (Å²) in [6.45, 7) is 0.231. The van der Waals surface area contributed by atoms with E-state index in [1.807, 2.05) is 29.6 Å². The quantitative estimate of drug-likeness (QED) is 0.454. The molecular weight excluding hydrogens is 356 g/mol. The summed E-state index contributed by atoms with van der Waals surface area (Å²) in [5, 5.41) is 13.6. The van der Waals surface area contributed by atoms with Crippen LogP contribution in [0.25, 0.3) is 10.6 Å². The summed E-state index contributed by atoms with van der Waals surface area (Å²) >= 11 is 1.51. The first-order chi connectivity index (χ1) is 12.6. The first-order valence-corrected chi connectivity index (χ1v) is 8.52. The van der Waals surface area contributed by atoms with Crippen molar-refractivity contribution in [3.63, 3.8) is 0 Å². The van der Waals surface area contributed by atoms with Gasteiger partial charge in [0.15, 0.2) is 11.5 Å². The van der Waals surface area contributed by atoms with Crippen LogP contribution in [0.4, 0.5) is 5.69 Å². The molecular formula is C18H16N2O5S. The molecule has 0 saturated heterocycles. The van der Waals surface area contributed by atoms with Gasteiger partial charge in [0.25, 0.3) is 5.69 Å². The third-order valence-electron chi connectivity index (χ3n) is 3.60. The number of hydrogen-bond donors (Lipinski definition) is 0. The second kappa shape index (κ2) is 7.83. The van der Waals surface area contributed by atoms with Crippen molar-refractivity contribution in [2.24, 2.45) is 0 Å². The number of nitrogens with zero attached hydrogens (tertiary/aromatic N) is 2. The largest absolute Gasteiger partial charge is 0.497 e. The van der Waals surface area contributed by atoms with E-state index in [0.29, 0.717) is 11.5 Å². The Morgan fingerprint density at radius 1 is 1.12 bits per heavy atom. The first-order valence-electron chi connectivity index (χ1n) is 7.64. The second-order valence-electron chi connectivity index (χ2n) is 5.26. The highest BCUT2D eigenvalue weighted by atomic mass is 32.1. The topological polar surface area (TPSA) is 83.7 Å². The molecule has 0 aliphatic heterocycles. The molecule has 8 heteroatoms. The molecule has 0 atom stereocenters. The Kier molecular flexibility index (Phi) is 5.33. The van der Waals surface area contributed by atoms with Crippen LogP contribution in [0.5, 0.6) is 17.2 Å². The van der Waals surface area contributed by atoms with E-state index < -0.39 is 4.92 Å². The Balaban J connectivity index is 1.73. The van der Waals surface area contributed by atoms with Gasteiger partial charge in [0, 0.05) is 17.0 Å². The van der Waals surface area contributed by atoms with Crippen LogP contribution < -0.4 is 14.2 Å². The van der Waals surface area contributed by atoms with Crippen LogP contribution in [-0.2, 0) is 6.61 Å². The minimum atomic E-state index is -0.479. The van der Waals surface area contributed by atoms with Gasteiger partial charge in [-0.15, -0.1) is 11.3 Å². The molecule has 0 fully saturated rings. The van der Waals surface area contributed by atoms with E-state index in [-0.39, 0.29) is 12.3 Å². The Bertz CT molecular complexity index is 925. The van der Waals surface area contributed by atoms with Gasteiger partial charge in [0.2, 0.25) is 0 Å². The van der Waals surface area contributed by atoms with Gasteiger partial charge in [-0.3, -0.25) is 10.1 Å². The highest BCUT2D eigenvalue weighted by Crippen LogP contribution is 2.32. The lowest BCUT2D eigenvalue weighted by Crippen LogP contribution is -1.99. The molecule has 0 unspecified atom stereocenters. The van der Waals surface area contributed by atoms with E-state index in [0.717, 1.165) is 22.0 Å². The third-order valence-corrected chi connectivity index (χ3v) is 4.54. The highest BCUT2D eigenvalue weighted by Gasteiger charge is 2.13. The van der Waals surface area contributed by atoms with E-state index in [1.165, 1.54) is 36.6 Å². The number of nitro groups is 1. The number of aromatic nitrogens is 1. The summed E-state index contributed by atoms with van der Waals surface area (Å²) in [6.07, 6.45) is 0. The molecule has 0 radical (unpaired) electrons. The predicted molar refractivity (Wildman–Crippen MR) is 98.1 cm³/mol. The van der Waals surface area contributed by atoms with E-state index in [1.54, 1.807) is 7.11 Å². The molecule has 0 bridgehead atoms. The summed E-state index contributed by atoms with van der Waals surface area (Å²) in [6, 6.07) is 11.9. The van der Waals surface area contributed by atoms with Gasteiger partial charge in [-0.05, 0) is 18.2 Å². The van der Waals surface area contributed by atoms with Crippen LogP contribution in [0.3, 0.4) is 0 Å². The van der Waals surface area contributed by atoms with Crippen LogP contribution in [0.1, 0.15) is 5.69 Å². The Hall–Kier alpha value is -3.13. The Morgan fingerprint density at radius 3 is 2.69 bits per heavy atom. The molecule has 0 aliphatic rings. The van der Waals surface area contributed by atoms with Crippen molar-refractivity contribution < 1.29 is 19.1 Å². The lowest BCUT2D eigenvalue weighted by atomic mass is 10.2. The molecule has 1 heterocycles. The minimum absolute atomic E-state index is 0.0526. The molecule has 0 N–H and O–H groups in total. The van der Waals surface area contributed by atoms with Crippen molar-refractivity contribution in [2.75, 3.05) is 14.2 Å². The second-order valence-corrected chi connectivity index (χ2v) is 6.12. The van der Waals surface area contributed by atoms with Crippen molar-refractivity contribution in [3.8, 4) is 27.8 Å². The number of ether oxygens (including phenoxy) is 3. The zero-order valence-electron chi connectivity index (χ0n) is 14.2. The summed E-state index contributed by atoms with van der Waals surface area (Å²) in [5.41, 5.74) is 1.67. The normalized spacial score (nSPS) is 10.4. The summed E-state index contributed by atoms with van der Waals surface area (Å²) in [4.78, 5) is 14.9. The van der Waals surface area contributed by atoms with Crippen molar-refractivity contribution in [2.45, 2.75) is 6.61 Å². The maximum absolute atomic E-state index is 10.8. The maximum Gasteiger partial charge on any atom is 0.273 e. The molecule has 3 rings (SSSR count). The average Bonchev–Trinajstić information content (AvgIpc) is 3.15. The van der Waals surface area contributed by atoms with E-state index >= 15 is 0 Å². The molecule has 2 aromatic carbocycles. The SMILES string of the molecule is COc1cccc(-c2nc(COc3ccc([N+](=O)[O-])cc3OC)cs2)c1. The first kappa shape index (κ1) is 17.7. The van der Waals surface area contributed by atoms with Crippen LogP contribution in [-0.4, -0.2) is 24.1 Å². The lowest BCUT2D eigenvalue weighted by molar-refractivity contribution is -0.385. The summed E-state index contributed by atoms with van der Waals surface area (Å²) < 4.78 is 16.1. The van der Waals surface area contributed by atoms with Crippen LogP contribution in [0, 0.1) is 10.1 Å². The fourth-order valence-electron chi connectivity index (χ4n) is 2.30. The average molecular weight is 372 g/mol. The molecule has 0 aliphatic carbocycles. The molecule has 7 nitrogen and oxygen atoms in total. The van der Waals surface area contributed by atoms with Gasteiger partial charge in [-0.1, -0.05) is 12.1 Å². The number of methoxy groups -OCH3 is 2. The Labute approximate surface area is 153 Å². The van der Waals surface area contributed by atoms with Crippen molar-refractivity contribution in [1.82, 2.24) is 4.98 Å². The standard InChI is InChI=1S/C18H16N2O5S/c1-23-15-5-3-4-12(8-15)18-19-13(11-26-18)10-25-16-7-6-14(20(21)22)9-17(16)24-2/h3-9,11H,10H2,1-2H3. The van der Waals surface area contributed by atoms with Crippen molar-refractivity contribution in [1.29, 1.82) is 0 Å². The van der Waals surface area contributed by atoms with Crippen LogP contribution >= 0.6 is 11.3 Å². The lowest BCUT2D eigenvalue weighted by Gasteiger charge is -2.09. The summed E-state index contributed by atoms with van der Waals surface area (Å²) in [7, 11) is 3.06. The van der Waals surface area contributed by atoms with Crippen molar-refractivity contribution in [3.05, 3.63) is 63.7 Å². The Morgan fingerprint density at radius 2 is 1.96 bits per heavy atom. The van der Waals surface area contributed by atoms with Gasteiger partial charge in [-0.25, -0.2) is 4.98 Å². The summed E-state index contributed by atoms with van der Waals surface area (Å²) in [5.74, 6) is 1.50. The van der Waals surface area contributed by atoms with Crippen molar-refractivity contribution >= 4 is 17.0 Å². The molecule has 1 aromatic heterocycles. The fraction of sp³-hybridized carbons (Fsp3) is 0.167. The number of nitro benzene ring substituents is 1. The van der Waals surface area contributed by atoms with Crippen LogP contribution in [0.15, 0.2) is 47.8 Å². The maximum atomic E-state index is 10.8. The van der Waals surface area contributed by atoms with Crippen LogP contribution in [0.2, 0.25) is 0 Å². The minimum Gasteiger partial charge on any atom is -0.497 e. The van der Waals surface area contributed by atoms with Gasteiger partial charge < -0.3 is 14.2 Å². The number of benzene rings is 2. The zero-order valence-corrected chi connectivity index (χ0v) is 15.0. The monoisotopic (exact) mass is 372 g/mol. The number of rotatable bonds is 7. The number of non-ortho nitro benzene ring substituents is 1. The van der Waals surface area contributed by atoms with E-state index in [4.69, 9.17) is 14.2 Å². The number of hydrogen-bond acceptors (Lipinski definition) is 7. The predicted octanol–water partition coefficient (Wildman–Crippen LogP) is 4.31. The van der Waals surface area contributed by atoms with Gasteiger partial charge in [0.1, 0.15) is 17.4 Å². The molecule has 3 aromatic rings. The van der Waals surface area contributed by atoms with Gasteiger partial charge in [0.05, 0.1) is 30.9 Å². The molecule has 0 spiro atoms. The number of thiazole rings is 1. The smallest absolute Gasteiger partial charge is 0.273 e.